The second-order valence-electron chi connectivity index (χ2n) is 9.70. The van der Waals surface area contributed by atoms with Gasteiger partial charge in [-0.1, -0.05) is 42.8 Å². The molecule has 224 valence electrons. The van der Waals surface area contributed by atoms with Crippen molar-refractivity contribution < 1.29 is 39.1 Å². The van der Waals surface area contributed by atoms with E-state index in [4.69, 9.17) is 14.2 Å². The van der Waals surface area contributed by atoms with Gasteiger partial charge in [-0.05, 0) is 43.2 Å². The Kier molecular flexibility index (Phi) is 10.8. The van der Waals surface area contributed by atoms with E-state index in [0.717, 1.165) is 21.8 Å². The third-order valence-electron chi connectivity index (χ3n) is 6.98. The van der Waals surface area contributed by atoms with Gasteiger partial charge in [0.2, 0.25) is 0 Å². The summed E-state index contributed by atoms with van der Waals surface area (Å²) in [5.41, 5.74) is 1.83. The number of carbonyl (C=O) groups is 1. The second kappa shape index (κ2) is 14.9. The van der Waals surface area contributed by atoms with Crippen LogP contribution in [0.3, 0.4) is 0 Å². The predicted octanol–water partition coefficient (Wildman–Crippen LogP) is 4.19. The molecule has 4 N–H and O–H groups in total. The zero-order valence-electron chi connectivity index (χ0n) is 23.2. The van der Waals surface area contributed by atoms with E-state index in [0.29, 0.717) is 30.1 Å². The summed E-state index contributed by atoms with van der Waals surface area (Å²) in [7, 11) is 1.54. The summed E-state index contributed by atoms with van der Waals surface area (Å²) >= 11 is 0. The number of aromatic amines is 1. The zero-order chi connectivity index (χ0) is 29.9. The summed E-state index contributed by atoms with van der Waals surface area (Å²) in [5, 5.41) is 35.9. The largest absolute Gasteiger partial charge is 0.493 e. The highest BCUT2D eigenvalue weighted by molar-refractivity contribution is 6.10. The minimum Gasteiger partial charge on any atom is -0.493 e. The van der Waals surface area contributed by atoms with Crippen LogP contribution in [0.2, 0.25) is 0 Å². The quantitative estimate of drug-likeness (QED) is 0.0760. The van der Waals surface area contributed by atoms with Gasteiger partial charge in [0.05, 0.1) is 25.2 Å². The number of hydrogen-bond acceptors (Lipinski definition) is 9. The van der Waals surface area contributed by atoms with Gasteiger partial charge in [0, 0.05) is 28.9 Å². The van der Waals surface area contributed by atoms with E-state index in [-0.39, 0.29) is 32.8 Å². The molecule has 0 saturated heterocycles. The number of unbranched alkanes of at least 4 members (excludes halogenated alkanes) is 1. The second-order valence-corrected chi connectivity index (χ2v) is 9.70. The zero-order valence-corrected chi connectivity index (χ0v) is 23.2. The molecule has 12 heteroatoms. The summed E-state index contributed by atoms with van der Waals surface area (Å²) in [4.78, 5) is 30.5. The third-order valence-corrected chi connectivity index (χ3v) is 6.98. The van der Waals surface area contributed by atoms with Gasteiger partial charge in [-0.2, -0.15) is 0 Å². The summed E-state index contributed by atoms with van der Waals surface area (Å²) in [5.74, 6) is -0.449. The lowest BCUT2D eigenvalue weighted by atomic mass is 9.90. The number of rotatable bonds is 18. The van der Waals surface area contributed by atoms with Crippen molar-refractivity contribution in [1.82, 2.24) is 10.3 Å². The van der Waals surface area contributed by atoms with Gasteiger partial charge in [-0.3, -0.25) is 4.79 Å². The lowest BCUT2D eigenvalue weighted by Crippen LogP contribution is -2.51. The first-order valence-corrected chi connectivity index (χ1v) is 13.7. The Balaban J connectivity index is 1.46. The van der Waals surface area contributed by atoms with Gasteiger partial charge < -0.3 is 39.6 Å². The maximum absolute atomic E-state index is 12.3. The minimum absolute atomic E-state index is 0.134. The number of methoxy groups -OCH3 is 1. The number of nitrogens with one attached hydrogen (secondary N) is 2. The molecule has 3 unspecified atom stereocenters. The summed E-state index contributed by atoms with van der Waals surface area (Å²) in [6.45, 7) is 0.108. The highest BCUT2D eigenvalue weighted by Gasteiger charge is 2.33. The Morgan fingerprint density at radius 1 is 0.952 bits per heavy atom. The number of aliphatic hydroxyl groups excluding tert-OH is 1. The molecule has 12 nitrogen and oxygen atoms in total. The lowest BCUT2D eigenvalue weighted by molar-refractivity contribution is -0.757. The Morgan fingerprint density at radius 3 is 2.43 bits per heavy atom. The highest BCUT2D eigenvalue weighted by atomic mass is 16.9. The van der Waals surface area contributed by atoms with Crippen LogP contribution >= 0.6 is 0 Å². The van der Waals surface area contributed by atoms with Crippen LogP contribution in [0.5, 0.6) is 17.2 Å². The fraction of sp³-hybridized carbons (Fsp3) is 0.367. The number of aliphatic hydroxyl groups is 1. The van der Waals surface area contributed by atoms with Gasteiger partial charge in [-0.25, -0.2) is 0 Å². The number of aromatic nitrogens is 1. The minimum atomic E-state index is -1.20. The fourth-order valence-electron chi connectivity index (χ4n) is 5.00. The molecule has 0 fully saturated rings. The van der Waals surface area contributed by atoms with Crippen LogP contribution in [-0.2, 0) is 9.63 Å². The molecule has 0 radical (unpaired) electrons. The first kappa shape index (κ1) is 30.4. The first-order valence-electron chi connectivity index (χ1n) is 13.7. The first-order chi connectivity index (χ1) is 20.4. The molecule has 0 spiro atoms. The lowest BCUT2D eigenvalue weighted by Gasteiger charge is -2.30. The van der Waals surface area contributed by atoms with E-state index in [9.17, 15) is 25.1 Å². The molecular weight excluding hydrogens is 546 g/mol. The Hall–Kier alpha value is -4.55. The molecule has 0 aliphatic heterocycles. The number of nitrogens with zero attached hydrogens (tertiary/aromatic N) is 1. The maximum Gasteiger partial charge on any atom is 0.308 e. The molecule has 3 aromatic carbocycles. The number of hydrogen-bond donors (Lipinski definition) is 4. The van der Waals surface area contributed by atoms with E-state index >= 15 is 0 Å². The van der Waals surface area contributed by atoms with Crippen LogP contribution in [0, 0.1) is 16.0 Å². The topological polar surface area (TPSA) is 165 Å². The molecule has 42 heavy (non-hydrogen) atoms. The van der Waals surface area contributed by atoms with Crippen molar-refractivity contribution in [3.63, 3.8) is 0 Å². The van der Waals surface area contributed by atoms with Gasteiger partial charge in [-0.15, -0.1) is 10.1 Å². The molecule has 3 atom stereocenters. The van der Waals surface area contributed by atoms with Crippen molar-refractivity contribution in [2.75, 3.05) is 33.5 Å². The molecule has 0 saturated carbocycles. The van der Waals surface area contributed by atoms with E-state index < -0.39 is 29.1 Å². The van der Waals surface area contributed by atoms with E-state index in [1.165, 1.54) is 7.11 Å². The maximum atomic E-state index is 12.3. The monoisotopic (exact) mass is 581 g/mol. The Bertz CT molecular complexity index is 1470. The molecule has 0 aliphatic rings. The third kappa shape index (κ3) is 7.80. The number of fused-ring (bicyclic) bond motifs is 3. The molecular formula is C30H35N3O9. The Labute approximate surface area is 242 Å². The number of carboxylic acid groups (broad SMARTS) is 1. The number of para-hydroxylation sites is 3. The van der Waals surface area contributed by atoms with Crippen LogP contribution in [0.15, 0.2) is 66.7 Å². The van der Waals surface area contributed by atoms with Crippen LogP contribution in [0.1, 0.15) is 19.3 Å². The molecule has 4 aromatic rings. The number of H-pyrrole nitrogens is 1. The van der Waals surface area contributed by atoms with E-state index in [1.54, 1.807) is 12.1 Å². The van der Waals surface area contributed by atoms with Gasteiger partial charge >= 0.3 is 5.97 Å². The van der Waals surface area contributed by atoms with Crippen molar-refractivity contribution in [2.45, 2.75) is 31.4 Å². The molecule has 0 bridgehead atoms. The van der Waals surface area contributed by atoms with Crippen molar-refractivity contribution in [1.29, 1.82) is 0 Å². The average Bonchev–Trinajstić information content (AvgIpc) is 3.37. The van der Waals surface area contributed by atoms with Gasteiger partial charge in [0.1, 0.15) is 25.1 Å². The molecule has 1 aromatic heterocycles. The van der Waals surface area contributed by atoms with Crippen molar-refractivity contribution in [3.05, 3.63) is 76.8 Å². The fourth-order valence-corrected chi connectivity index (χ4v) is 5.00. The standard InChI is InChI=1S/C30H35N3O9/c1-39-25-13-4-5-14-26(25)40-18-16-31-29(21(30(35)36)10-6-7-17-42-33(37)38)24(34)19-41-27-15-8-12-23-28(27)20-9-2-3-11-22(20)32-23/h2-5,8-9,11-15,21,24,29,31-32,34H,6-7,10,16-19H2,1H3,(H,35,36). The van der Waals surface area contributed by atoms with E-state index in [1.807, 2.05) is 54.6 Å². The van der Waals surface area contributed by atoms with Crippen molar-refractivity contribution >= 4 is 27.8 Å². The van der Waals surface area contributed by atoms with Crippen LogP contribution in [0.4, 0.5) is 0 Å². The van der Waals surface area contributed by atoms with Crippen molar-refractivity contribution in [2.24, 2.45) is 5.92 Å². The summed E-state index contributed by atoms with van der Waals surface area (Å²) < 4.78 is 17.2. The van der Waals surface area contributed by atoms with Crippen LogP contribution in [0.25, 0.3) is 21.8 Å². The molecule has 1 heterocycles. The van der Waals surface area contributed by atoms with Crippen molar-refractivity contribution in [3.8, 4) is 17.2 Å². The van der Waals surface area contributed by atoms with Crippen LogP contribution < -0.4 is 19.5 Å². The van der Waals surface area contributed by atoms with Gasteiger partial charge in [0.25, 0.3) is 5.09 Å². The summed E-state index contributed by atoms with van der Waals surface area (Å²) in [6, 6.07) is 19.7. The normalized spacial score (nSPS) is 13.4. The predicted molar refractivity (Wildman–Crippen MR) is 156 cm³/mol. The number of benzene rings is 3. The smallest absolute Gasteiger partial charge is 0.308 e. The van der Waals surface area contributed by atoms with Crippen LogP contribution in [-0.4, -0.2) is 71.9 Å². The van der Waals surface area contributed by atoms with Gasteiger partial charge in [0.15, 0.2) is 11.5 Å². The number of ether oxygens (including phenoxy) is 3. The number of carboxylic acids is 1. The Morgan fingerprint density at radius 2 is 1.67 bits per heavy atom. The molecule has 0 aliphatic carbocycles. The highest BCUT2D eigenvalue weighted by Crippen LogP contribution is 2.33. The van der Waals surface area contributed by atoms with E-state index in [2.05, 4.69) is 15.1 Å². The average molecular weight is 582 g/mol. The SMILES string of the molecule is COc1ccccc1OCCNC(C(O)COc1cccc2[nH]c3ccccc3c12)C(CCCCO[N+](=O)[O-])C(=O)O. The molecule has 0 amide bonds. The molecule has 4 rings (SSSR count). The number of aliphatic carboxylic acids is 1. The summed E-state index contributed by atoms with van der Waals surface area (Å²) in [6.07, 6.45) is -0.393.